The van der Waals surface area contributed by atoms with E-state index in [4.69, 9.17) is 15.0 Å². The normalized spacial score (nSPS) is 11.9. The van der Waals surface area contributed by atoms with Gasteiger partial charge >= 0.3 is 0 Å². The van der Waals surface area contributed by atoms with Crippen LogP contribution < -0.4 is 0 Å². The Balaban J connectivity index is 1.52. The van der Waals surface area contributed by atoms with Crippen molar-refractivity contribution in [2.45, 2.75) is 0 Å². The van der Waals surface area contributed by atoms with Crippen LogP contribution >= 0.6 is 0 Å². The second kappa shape index (κ2) is 7.20. The SMILES string of the molecule is c1ccc(-c2nc(-c3ccccc3)nc(-n3c4cccc5c4c4c3cccc4n3ccnc53)n2)cc1. The predicted octanol–water partition coefficient (Wildman–Crippen LogP) is 6.54. The maximum atomic E-state index is 5.01. The lowest BCUT2D eigenvalue weighted by molar-refractivity contribution is 0.953. The topological polar surface area (TPSA) is 60.9 Å². The van der Waals surface area contributed by atoms with Crippen LogP contribution in [0.15, 0.2) is 109 Å². The second-order valence-electron chi connectivity index (χ2n) is 8.84. The summed E-state index contributed by atoms with van der Waals surface area (Å²) >= 11 is 0. The van der Waals surface area contributed by atoms with Gasteiger partial charge in [0.2, 0.25) is 5.95 Å². The van der Waals surface area contributed by atoms with E-state index in [0.29, 0.717) is 17.6 Å². The van der Waals surface area contributed by atoms with Crippen LogP contribution in [0.1, 0.15) is 0 Å². The van der Waals surface area contributed by atoms with Crippen molar-refractivity contribution < 1.29 is 0 Å². The van der Waals surface area contributed by atoms with E-state index in [1.54, 1.807) is 0 Å². The lowest BCUT2D eigenvalue weighted by atomic mass is 10.1. The summed E-state index contributed by atoms with van der Waals surface area (Å²) in [7, 11) is 0. The number of rotatable bonds is 3. The van der Waals surface area contributed by atoms with E-state index in [9.17, 15) is 0 Å². The Kier molecular flexibility index (Phi) is 3.85. The fraction of sp³-hybridized carbons (Fsp3) is 0. The van der Waals surface area contributed by atoms with E-state index in [-0.39, 0.29) is 0 Å². The molecule has 6 heteroatoms. The molecule has 168 valence electrons. The Morgan fingerprint density at radius 2 is 1.14 bits per heavy atom. The van der Waals surface area contributed by atoms with Crippen molar-refractivity contribution in [3.05, 3.63) is 109 Å². The number of imidazole rings is 1. The molecule has 4 aromatic heterocycles. The third-order valence-corrected chi connectivity index (χ3v) is 6.82. The minimum absolute atomic E-state index is 0.594. The molecule has 8 aromatic rings. The smallest absolute Gasteiger partial charge is 0.238 e. The zero-order valence-electron chi connectivity index (χ0n) is 19.1. The Morgan fingerprint density at radius 1 is 0.528 bits per heavy atom. The van der Waals surface area contributed by atoms with E-state index in [1.807, 2.05) is 73.1 Å². The van der Waals surface area contributed by atoms with Crippen LogP contribution in [-0.4, -0.2) is 28.9 Å². The van der Waals surface area contributed by atoms with Crippen molar-refractivity contribution in [3.8, 4) is 28.7 Å². The molecule has 4 heterocycles. The summed E-state index contributed by atoms with van der Waals surface area (Å²) < 4.78 is 4.32. The number of hydrogen-bond acceptors (Lipinski definition) is 4. The standard InChI is InChI=1S/C30H18N6/c1-3-9-19(10-4-1)27-32-28(20-11-5-2-6-12-20)34-30(33-27)36-23-15-7-13-21-25(23)26-22(14-8-16-24(26)36)35-18-17-31-29(21)35/h1-18H. The molecule has 8 rings (SSSR count). The van der Waals surface area contributed by atoms with Gasteiger partial charge in [-0.2, -0.15) is 9.97 Å². The fourth-order valence-electron chi connectivity index (χ4n) is 5.29. The monoisotopic (exact) mass is 462 g/mol. The average Bonchev–Trinajstić information content (AvgIpc) is 3.58. The second-order valence-corrected chi connectivity index (χ2v) is 8.84. The van der Waals surface area contributed by atoms with Gasteiger partial charge in [-0.3, -0.25) is 8.97 Å². The number of hydrogen-bond donors (Lipinski definition) is 0. The van der Waals surface area contributed by atoms with Gasteiger partial charge in [0.1, 0.15) is 5.65 Å². The van der Waals surface area contributed by atoms with Gasteiger partial charge in [0.05, 0.1) is 16.6 Å². The lowest BCUT2D eigenvalue weighted by Crippen LogP contribution is -2.06. The summed E-state index contributed by atoms with van der Waals surface area (Å²) in [5, 5.41) is 3.46. The van der Waals surface area contributed by atoms with Crippen molar-refractivity contribution in [3.63, 3.8) is 0 Å². The van der Waals surface area contributed by atoms with Gasteiger partial charge in [-0.15, -0.1) is 0 Å². The third-order valence-electron chi connectivity index (χ3n) is 6.82. The number of fused-ring (bicyclic) bond motifs is 3. The van der Waals surface area contributed by atoms with Crippen molar-refractivity contribution in [1.82, 2.24) is 28.9 Å². The Labute approximate surface area is 205 Å². The van der Waals surface area contributed by atoms with E-state index in [0.717, 1.165) is 38.7 Å². The van der Waals surface area contributed by atoms with Crippen LogP contribution in [0.3, 0.4) is 0 Å². The third kappa shape index (κ3) is 2.61. The molecule has 0 N–H and O–H groups in total. The van der Waals surface area contributed by atoms with Gasteiger partial charge in [-0.05, 0) is 18.2 Å². The highest BCUT2D eigenvalue weighted by Crippen LogP contribution is 2.40. The van der Waals surface area contributed by atoms with Crippen LogP contribution in [0, 0.1) is 0 Å². The van der Waals surface area contributed by atoms with Crippen molar-refractivity contribution in [2.75, 3.05) is 0 Å². The van der Waals surface area contributed by atoms with Gasteiger partial charge in [0, 0.05) is 39.7 Å². The minimum atomic E-state index is 0.594. The molecule has 0 radical (unpaired) electrons. The zero-order valence-corrected chi connectivity index (χ0v) is 19.1. The first kappa shape index (κ1) is 19.2. The van der Waals surface area contributed by atoms with E-state index < -0.39 is 0 Å². The van der Waals surface area contributed by atoms with Crippen LogP contribution in [0.25, 0.3) is 67.1 Å². The predicted molar refractivity (Wildman–Crippen MR) is 142 cm³/mol. The molecule has 0 saturated carbocycles. The van der Waals surface area contributed by atoms with Crippen molar-refractivity contribution >= 4 is 38.4 Å². The van der Waals surface area contributed by atoms with Gasteiger partial charge in [-0.1, -0.05) is 78.9 Å². The highest BCUT2D eigenvalue weighted by Gasteiger charge is 2.22. The summed E-state index contributed by atoms with van der Waals surface area (Å²) in [4.78, 5) is 19.5. The number of pyridine rings is 1. The van der Waals surface area contributed by atoms with Crippen LogP contribution in [0.2, 0.25) is 0 Å². The highest BCUT2D eigenvalue weighted by molar-refractivity contribution is 6.26. The molecule has 0 amide bonds. The Bertz CT molecular complexity index is 1900. The molecule has 0 spiro atoms. The quantitative estimate of drug-likeness (QED) is 0.280. The molecule has 0 bridgehead atoms. The summed E-state index contributed by atoms with van der Waals surface area (Å²) in [6, 6.07) is 32.9. The lowest BCUT2D eigenvalue weighted by Gasteiger charge is -2.10. The van der Waals surface area contributed by atoms with Crippen molar-refractivity contribution in [1.29, 1.82) is 0 Å². The molecule has 0 aliphatic rings. The minimum Gasteiger partial charge on any atom is -0.299 e. The van der Waals surface area contributed by atoms with Crippen LogP contribution in [0.5, 0.6) is 0 Å². The van der Waals surface area contributed by atoms with E-state index in [2.05, 4.69) is 50.3 Å². The molecule has 0 saturated heterocycles. The average molecular weight is 463 g/mol. The maximum Gasteiger partial charge on any atom is 0.238 e. The maximum absolute atomic E-state index is 5.01. The van der Waals surface area contributed by atoms with E-state index in [1.165, 1.54) is 10.8 Å². The molecule has 0 atom stereocenters. The number of aromatic nitrogens is 6. The molecule has 6 nitrogen and oxygen atoms in total. The molecular formula is C30H18N6. The fourth-order valence-corrected chi connectivity index (χ4v) is 5.29. The Morgan fingerprint density at radius 3 is 1.83 bits per heavy atom. The van der Waals surface area contributed by atoms with Crippen LogP contribution in [0.4, 0.5) is 0 Å². The van der Waals surface area contributed by atoms with Gasteiger partial charge in [-0.25, -0.2) is 9.97 Å². The Hall–Kier alpha value is -5.10. The van der Waals surface area contributed by atoms with Gasteiger partial charge in [0.25, 0.3) is 0 Å². The summed E-state index contributed by atoms with van der Waals surface area (Å²) in [6.45, 7) is 0. The van der Waals surface area contributed by atoms with Gasteiger partial charge in [0.15, 0.2) is 11.6 Å². The molecule has 0 fully saturated rings. The summed E-state index contributed by atoms with van der Waals surface area (Å²) in [5.74, 6) is 1.88. The first-order valence-corrected chi connectivity index (χ1v) is 11.8. The zero-order chi connectivity index (χ0) is 23.6. The molecule has 0 aliphatic carbocycles. The van der Waals surface area contributed by atoms with E-state index >= 15 is 0 Å². The molecular weight excluding hydrogens is 444 g/mol. The number of nitrogens with zero attached hydrogens (tertiary/aromatic N) is 6. The highest BCUT2D eigenvalue weighted by atomic mass is 15.2. The summed E-state index contributed by atoms with van der Waals surface area (Å²) in [6.07, 6.45) is 3.88. The number of benzene rings is 4. The molecule has 4 aromatic carbocycles. The molecule has 36 heavy (non-hydrogen) atoms. The summed E-state index contributed by atoms with van der Waals surface area (Å²) in [5.41, 5.74) is 6.06. The molecule has 0 unspecified atom stereocenters. The first-order valence-electron chi connectivity index (χ1n) is 11.8. The van der Waals surface area contributed by atoms with Crippen molar-refractivity contribution in [2.24, 2.45) is 0 Å². The largest absolute Gasteiger partial charge is 0.299 e. The van der Waals surface area contributed by atoms with Gasteiger partial charge < -0.3 is 0 Å². The first-order chi connectivity index (χ1) is 17.9. The molecule has 0 aliphatic heterocycles. The van der Waals surface area contributed by atoms with Crippen LogP contribution in [-0.2, 0) is 0 Å².